The van der Waals surface area contributed by atoms with Crippen molar-refractivity contribution in [3.63, 3.8) is 0 Å². The summed E-state index contributed by atoms with van der Waals surface area (Å²) in [6, 6.07) is 2.04. The molecule has 1 aromatic carbocycles. The molecule has 17 heavy (non-hydrogen) atoms. The van der Waals surface area contributed by atoms with E-state index in [-0.39, 0.29) is 21.8 Å². The number of halogens is 3. The fourth-order valence-electron chi connectivity index (χ4n) is 1.20. The monoisotopic (exact) mass is 300 g/mol. The zero-order valence-electron chi connectivity index (χ0n) is 8.42. The van der Waals surface area contributed by atoms with Gasteiger partial charge in [0.15, 0.2) is 5.82 Å². The van der Waals surface area contributed by atoms with Gasteiger partial charge in [0.25, 0.3) is 0 Å². The molecule has 2 aromatic rings. The Hall–Kier alpha value is -1.76. The third-order valence-electron chi connectivity index (χ3n) is 1.93. The van der Waals surface area contributed by atoms with Gasteiger partial charge in [-0.25, -0.2) is 13.8 Å². The first-order chi connectivity index (χ1) is 8.06. The highest BCUT2D eigenvalue weighted by Crippen LogP contribution is 2.25. The molecule has 0 radical (unpaired) electrons. The maximum atomic E-state index is 13.4. The number of hydrogen-bond acceptors (Lipinski definition) is 4. The van der Waals surface area contributed by atoms with Crippen LogP contribution in [0.25, 0.3) is 0 Å². The Labute approximate surface area is 104 Å². The molecular weight excluding hydrogens is 294 g/mol. The highest BCUT2D eigenvalue weighted by atomic mass is 79.9. The molecule has 0 aliphatic carbocycles. The average molecular weight is 301 g/mol. The second kappa shape index (κ2) is 4.62. The Bertz CT molecular complexity index is 562. The summed E-state index contributed by atoms with van der Waals surface area (Å²) in [5, 5.41) is 2.66. The van der Waals surface area contributed by atoms with Crippen molar-refractivity contribution in [3.8, 4) is 0 Å². The van der Waals surface area contributed by atoms with Crippen LogP contribution in [-0.2, 0) is 0 Å². The van der Waals surface area contributed by atoms with Gasteiger partial charge in [0.1, 0.15) is 17.5 Å². The van der Waals surface area contributed by atoms with E-state index < -0.39 is 11.6 Å². The van der Waals surface area contributed by atoms with Crippen molar-refractivity contribution in [2.24, 2.45) is 0 Å². The van der Waals surface area contributed by atoms with Crippen molar-refractivity contribution < 1.29 is 8.78 Å². The van der Waals surface area contributed by atoms with Crippen LogP contribution >= 0.6 is 15.9 Å². The van der Waals surface area contributed by atoms with Gasteiger partial charge in [-0.05, 0) is 22.0 Å². The van der Waals surface area contributed by atoms with E-state index in [9.17, 15) is 8.78 Å². The highest BCUT2D eigenvalue weighted by Gasteiger charge is 2.09. The van der Waals surface area contributed by atoms with Crippen LogP contribution < -0.4 is 11.1 Å². The molecule has 1 aromatic heterocycles. The van der Waals surface area contributed by atoms with E-state index >= 15 is 0 Å². The Morgan fingerprint density at radius 1 is 1.18 bits per heavy atom. The third kappa shape index (κ3) is 2.68. The molecule has 0 saturated carbocycles. The minimum absolute atomic E-state index is 0.0816. The summed E-state index contributed by atoms with van der Waals surface area (Å²) in [6.07, 6.45) is 2.75. The number of aromatic nitrogens is 2. The lowest BCUT2D eigenvalue weighted by Gasteiger charge is -2.07. The van der Waals surface area contributed by atoms with Crippen molar-refractivity contribution in [1.82, 2.24) is 9.97 Å². The molecule has 2 rings (SSSR count). The lowest BCUT2D eigenvalue weighted by molar-refractivity contribution is 0.581. The summed E-state index contributed by atoms with van der Waals surface area (Å²) in [7, 11) is 0. The summed E-state index contributed by atoms with van der Waals surface area (Å²) >= 11 is 2.97. The molecular formula is C10H7BrF2N4. The smallest absolute Gasteiger partial charge is 0.151 e. The standard InChI is InChI=1S/C10H7BrF2N4/c11-5-1-8(7(13)2-6(5)12)16-10-4-15-3-9(14)17-10/h1-4H,(H3,14,16,17). The molecule has 0 bridgehead atoms. The van der Waals surface area contributed by atoms with E-state index in [0.717, 1.165) is 6.07 Å². The van der Waals surface area contributed by atoms with Crippen LogP contribution in [0.4, 0.5) is 26.1 Å². The molecule has 0 amide bonds. The second-order valence-electron chi connectivity index (χ2n) is 3.20. The molecule has 0 saturated heterocycles. The quantitative estimate of drug-likeness (QED) is 0.837. The highest BCUT2D eigenvalue weighted by molar-refractivity contribution is 9.10. The van der Waals surface area contributed by atoms with Crippen molar-refractivity contribution >= 4 is 33.3 Å². The van der Waals surface area contributed by atoms with Crippen LogP contribution in [0.3, 0.4) is 0 Å². The second-order valence-corrected chi connectivity index (χ2v) is 4.05. The van der Waals surface area contributed by atoms with Crippen LogP contribution in [0, 0.1) is 11.6 Å². The number of nitrogens with one attached hydrogen (secondary N) is 1. The molecule has 0 aliphatic heterocycles. The molecule has 0 aliphatic rings. The van der Waals surface area contributed by atoms with Gasteiger partial charge in [0, 0.05) is 6.07 Å². The first-order valence-electron chi connectivity index (χ1n) is 4.55. The Balaban J connectivity index is 2.33. The van der Waals surface area contributed by atoms with Gasteiger partial charge in [0.05, 0.1) is 22.6 Å². The van der Waals surface area contributed by atoms with Crippen LogP contribution in [-0.4, -0.2) is 9.97 Å². The number of nitrogens with two attached hydrogens (primary N) is 1. The van der Waals surface area contributed by atoms with Crippen LogP contribution in [0.5, 0.6) is 0 Å². The van der Waals surface area contributed by atoms with Crippen molar-refractivity contribution in [3.05, 3.63) is 40.6 Å². The Kier molecular flexibility index (Phi) is 3.19. The first-order valence-corrected chi connectivity index (χ1v) is 5.34. The number of rotatable bonds is 2. The van der Waals surface area contributed by atoms with Crippen LogP contribution in [0.1, 0.15) is 0 Å². The number of nitrogens with zero attached hydrogens (tertiary/aromatic N) is 2. The summed E-state index contributed by atoms with van der Waals surface area (Å²) in [5.74, 6) is -0.916. The van der Waals surface area contributed by atoms with Crippen molar-refractivity contribution in [2.45, 2.75) is 0 Å². The molecule has 0 fully saturated rings. The largest absolute Gasteiger partial charge is 0.382 e. The molecule has 88 valence electrons. The summed E-state index contributed by atoms with van der Waals surface area (Å²) < 4.78 is 26.6. The third-order valence-corrected chi connectivity index (χ3v) is 2.53. The lowest BCUT2D eigenvalue weighted by Crippen LogP contribution is -2.00. The van der Waals surface area contributed by atoms with E-state index in [0.29, 0.717) is 0 Å². The van der Waals surface area contributed by atoms with Gasteiger partial charge < -0.3 is 11.1 Å². The fourth-order valence-corrected chi connectivity index (χ4v) is 1.54. The van der Waals surface area contributed by atoms with Crippen LogP contribution in [0.15, 0.2) is 29.0 Å². The van der Waals surface area contributed by atoms with Crippen molar-refractivity contribution in [2.75, 3.05) is 11.1 Å². The fraction of sp³-hybridized carbons (Fsp3) is 0. The predicted molar refractivity (Wildman–Crippen MR) is 63.8 cm³/mol. The molecule has 3 N–H and O–H groups in total. The zero-order chi connectivity index (χ0) is 12.4. The SMILES string of the molecule is Nc1cncc(Nc2cc(Br)c(F)cc2F)n1. The van der Waals surface area contributed by atoms with E-state index in [2.05, 4.69) is 31.2 Å². The van der Waals surface area contributed by atoms with E-state index in [4.69, 9.17) is 5.73 Å². The number of benzene rings is 1. The lowest BCUT2D eigenvalue weighted by atomic mass is 10.3. The van der Waals surface area contributed by atoms with Gasteiger partial charge in [-0.15, -0.1) is 0 Å². The summed E-state index contributed by atoms with van der Waals surface area (Å²) in [5.41, 5.74) is 5.51. The predicted octanol–water partition coefficient (Wildman–Crippen LogP) is 2.84. The summed E-state index contributed by atoms with van der Waals surface area (Å²) in [4.78, 5) is 7.68. The minimum Gasteiger partial charge on any atom is -0.382 e. The zero-order valence-corrected chi connectivity index (χ0v) is 10.0. The maximum Gasteiger partial charge on any atom is 0.151 e. The molecule has 0 atom stereocenters. The number of anilines is 3. The minimum atomic E-state index is -0.727. The molecule has 1 heterocycles. The molecule has 0 unspecified atom stereocenters. The molecule has 0 spiro atoms. The Morgan fingerprint density at radius 2 is 1.94 bits per heavy atom. The maximum absolute atomic E-state index is 13.4. The van der Waals surface area contributed by atoms with Gasteiger partial charge in [-0.2, -0.15) is 0 Å². The molecule has 4 nitrogen and oxygen atoms in total. The van der Waals surface area contributed by atoms with E-state index in [1.807, 2.05) is 0 Å². The Morgan fingerprint density at radius 3 is 2.65 bits per heavy atom. The topological polar surface area (TPSA) is 63.8 Å². The van der Waals surface area contributed by atoms with Gasteiger partial charge >= 0.3 is 0 Å². The normalized spacial score (nSPS) is 10.3. The van der Waals surface area contributed by atoms with E-state index in [1.165, 1.54) is 18.5 Å². The summed E-state index contributed by atoms with van der Waals surface area (Å²) in [6.45, 7) is 0. The van der Waals surface area contributed by atoms with Gasteiger partial charge in [-0.3, -0.25) is 4.98 Å². The van der Waals surface area contributed by atoms with Crippen LogP contribution in [0.2, 0.25) is 0 Å². The first kappa shape index (κ1) is 11.7. The van der Waals surface area contributed by atoms with Gasteiger partial charge in [-0.1, -0.05) is 0 Å². The molecule has 7 heteroatoms. The van der Waals surface area contributed by atoms with Crippen molar-refractivity contribution in [1.29, 1.82) is 0 Å². The average Bonchev–Trinajstić information content (AvgIpc) is 2.26. The van der Waals surface area contributed by atoms with E-state index in [1.54, 1.807) is 0 Å². The number of hydrogen-bond donors (Lipinski definition) is 2. The van der Waals surface area contributed by atoms with Gasteiger partial charge in [0.2, 0.25) is 0 Å². The number of nitrogen functional groups attached to an aromatic ring is 1.